The lowest BCUT2D eigenvalue weighted by atomic mass is 9.98. The molecule has 4 heteroatoms. The minimum Gasteiger partial charge on any atom is -0.354 e. The third-order valence-electron chi connectivity index (χ3n) is 4.75. The highest BCUT2D eigenvalue weighted by Gasteiger charge is 2.18. The van der Waals surface area contributed by atoms with E-state index in [0.29, 0.717) is 0 Å². The van der Waals surface area contributed by atoms with Crippen LogP contribution in [0.15, 0.2) is 42.5 Å². The molecule has 2 heterocycles. The van der Waals surface area contributed by atoms with Gasteiger partial charge in [0.15, 0.2) is 0 Å². The van der Waals surface area contributed by atoms with E-state index in [9.17, 15) is 0 Å². The second-order valence-electron chi connectivity index (χ2n) is 6.15. The molecule has 0 bridgehead atoms. The molecule has 1 atom stereocenters. The molecule has 1 fully saturated rings. The van der Waals surface area contributed by atoms with Crippen LogP contribution in [-0.4, -0.2) is 42.6 Å². The van der Waals surface area contributed by atoms with E-state index in [0.717, 1.165) is 55.4 Å². The van der Waals surface area contributed by atoms with Gasteiger partial charge in [0.25, 0.3) is 0 Å². The molecule has 1 aromatic carbocycles. The van der Waals surface area contributed by atoms with E-state index < -0.39 is 0 Å². The van der Waals surface area contributed by atoms with Gasteiger partial charge in [-0.25, -0.2) is 4.98 Å². The van der Waals surface area contributed by atoms with Crippen molar-refractivity contribution in [2.45, 2.75) is 19.9 Å². The van der Waals surface area contributed by atoms with E-state index in [2.05, 4.69) is 47.9 Å². The third-order valence-corrected chi connectivity index (χ3v) is 4.75. The minimum absolute atomic E-state index is 0.116. The summed E-state index contributed by atoms with van der Waals surface area (Å²) in [6, 6.07) is 14.4. The molecule has 0 amide bonds. The maximum Gasteiger partial charge on any atom is 0.128 e. The number of benzene rings is 1. The number of hydrogen-bond acceptors (Lipinski definition) is 4. The number of piperazine rings is 1. The number of nitrogens with two attached hydrogens (primary N) is 1. The predicted molar refractivity (Wildman–Crippen MR) is 95.8 cm³/mol. The molecule has 0 saturated carbocycles. The summed E-state index contributed by atoms with van der Waals surface area (Å²) in [6.07, 6.45) is 0. The third kappa shape index (κ3) is 3.54. The summed E-state index contributed by atoms with van der Waals surface area (Å²) in [4.78, 5) is 9.67. The number of rotatable bonds is 4. The molecule has 3 rings (SSSR count). The normalized spacial score (nSPS) is 17.3. The van der Waals surface area contributed by atoms with Gasteiger partial charge in [0.05, 0.1) is 6.04 Å². The number of pyridine rings is 1. The topological polar surface area (TPSA) is 45.4 Å². The molecule has 122 valence electrons. The van der Waals surface area contributed by atoms with Gasteiger partial charge in [0.2, 0.25) is 0 Å². The molecule has 1 aliphatic heterocycles. The van der Waals surface area contributed by atoms with Gasteiger partial charge < -0.3 is 15.5 Å². The van der Waals surface area contributed by atoms with Crippen LogP contribution in [0.1, 0.15) is 29.8 Å². The number of hydrogen-bond donors (Lipinski definition) is 1. The zero-order chi connectivity index (χ0) is 16.2. The Hall–Kier alpha value is -1.91. The van der Waals surface area contributed by atoms with E-state index in [1.54, 1.807) is 0 Å². The summed E-state index contributed by atoms with van der Waals surface area (Å²) < 4.78 is 0. The van der Waals surface area contributed by atoms with Crippen molar-refractivity contribution in [3.05, 3.63) is 59.3 Å². The lowest BCUT2D eigenvalue weighted by Crippen LogP contribution is -2.46. The van der Waals surface area contributed by atoms with E-state index in [1.807, 2.05) is 18.2 Å². The lowest BCUT2D eigenvalue weighted by Gasteiger charge is -2.35. The zero-order valence-electron chi connectivity index (χ0n) is 14.1. The van der Waals surface area contributed by atoms with Crippen molar-refractivity contribution < 1.29 is 0 Å². The van der Waals surface area contributed by atoms with Crippen molar-refractivity contribution in [2.24, 2.45) is 5.73 Å². The molecule has 0 aliphatic carbocycles. The van der Waals surface area contributed by atoms with Crippen LogP contribution in [0.4, 0.5) is 5.82 Å². The van der Waals surface area contributed by atoms with Crippen LogP contribution in [0.3, 0.4) is 0 Å². The molecule has 0 radical (unpaired) electrons. The lowest BCUT2D eigenvalue weighted by molar-refractivity contribution is 0.270. The van der Waals surface area contributed by atoms with Gasteiger partial charge in [0.1, 0.15) is 5.82 Å². The zero-order valence-corrected chi connectivity index (χ0v) is 14.1. The predicted octanol–water partition coefficient (Wildman–Crippen LogP) is 2.58. The largest absolute Gasteiger partial charge is 0.354 e. The first-order valence-electron chi connectivity index (χ1n) is 8.44. The fourth-order valence-corrected chi connectivity index (χ4v) is 3.20. The van der Waals surface area contributed by atoms with Gasteiger partial charge in [-0.15, -0.1) is 0 Å². The summed E-state index contributed by atoms with van der Waals surface area (Å²) in [5.41, 5.74) is 9.68. The van der Waals surface area contributed by atoms with E-state index in [1.165, 1.54) is 0 Å². The van der Waals surface area contributed by atoms with Crippen molar-refractivity contribution in [3.63, 3.8) is 0 Å². The van der Waals surface area contributed by atoms with Gasteiger partial charge in [-0.2, -0.15) is 0 Å². The van der Waals surface area contributed by atoms with Crippen LogP contribution >= 0.6 is 0 Å². The number of aromatic nitrogens is 1. The highest BCUT2D eigenvalue weighted by Crippen LogP contribution is 2.24. The SMILES string of the molecule is CCN1CCN(c2ccc([C@H](N)c3ccccc3)c(C)n2)CC1. The standard InChI is InChI=1S/C19H26N4/c1-3-22-11-13-23(14-12-22)18-10-9-17(15(2)21-18)19(20)16-7-5-4-6-8-16/h4-10,19H,3,11-14,20H2,1-2H3/t19-/m1/s1. The van der Waals surface area contributed by atoms with Crippen molar-refractivity contribution in [1.82, 2.24) is 9.88 Å². The maximum atomic E-state index is 6.42. The van der Waals surface area contributed by atoms with Crippen LogP contribution < -0.4 is 10.6 Å². The molecular weight excluding hydrogens is 284 g/mol. The molecule has 2 aromatic rings. The minimum atomic E-state index is -0.116. The van der Waals surface area contributed by atoms with Gasteiger partial charge in [0, 0.05) is 31.9 Å². The first-order chi connectivity index (χ1) is 11.2. The fraction of sp³-hybridized carbons (Fsp3) is 0.421. The molecule has 1 aromatic heterocycles. The van der Waals surface area contributed by atoms with Gasteiger partial charge in [-0.3, -0.25) is 0 Å². The summed E-state index contributed by atoms with van der Waals surface area (Å²) in [6.45, 7) is 9.73. The van der Waals surface area contributed by atoms with Gasteiger partial charge in [-0.1, -0.05) is 43.3 Å². The summed E-state index contributed by atoms with van der Waals surface area (Å²) in [7, 11) is 0. The van der Waals surface area contributed by atoms with Gasteiger partial charge >= 0.3 is 0 Å². The Morgan fingerprint density at radius 2 is 1.74 bits per heavy atom. The second kappa shape index (κ2) is 7.11. The number of aryl methyl sites for hydroxylation is 1. The molecule has 23 heavy (non-hydrogen) atoms. The Morgan fingerprint density at radius 3 is 2.35 bits per heavy atom. The molecule has 1 aliphatic rings. The van der Waals surface area contributed by atoms with Crippen molar-refractivity contribution in [3.8, 4) is 0 Å². The van der Waals surface area contributed by atoms with Crippen molar-refractivity contribution in [2.75, 3.05) is 37.6 Å². The first kappa shape index (κ1) is 16.0. The Balaban J connectivity index is 1.76. The first-order valence-corrected chi connectivity index (χ1v) is 8.44. The molecule has 4 nitrogen and oxygen atoms in total. The monoisotopic (exact) mass is 310 g/mol. The van der Waals surface area contributed by atoms with E-state index in [-0.39, 0.29) is 6.04 Å². The molecule has 1 saturated heterocycles. The quantitative estimate of drug-likeness (QED) is 0.943. The average molecular weight is 310 g/mol. The maximum absolute atomic E-state index is 6.42. The van der Waals surface area contributed by atoms with Crippen molar-refractivity contribution >= 4 is 5.82 Å². The molecule has 2 N–H and O–H groups in total. The Morgan fingerprint density at radius 1 is 1.04 bits per heavy atom. The Bertz CT molecular complexity index is 633. The summed E-state index contributed by atoms with van der Waals surface area (Å²) in [5.74, 6) is 1.07. The van der Waals surface area contributed by atoms with Crippen molar-refractivity contribution in [1.29, 1.82) is 0 Å². The highest BCUT2D eigenvalue weighted by molar-refractivity contribution is 5.44. The molecule has 0 spiro atoms. The number of anilines is 1. The molecular formula is C19H26N4. The smallest absolute Gasteiger partial charge is 0.128 e. The van der Waals surface area contributed by atoms with E-state index >= 15 is 0 Å². The van der Waals surface area contributed by atoms with Crippen LogP contribution in [0.2, 0.25) is 0 Å². The van der Waals surface area contributed by atoms with Crippen LogP contribution in [0, 0.1) is 6.92 Å². The summed E-state index contributed by atoms with van der Waals surface area (Å²) in [5, 5.41) is 0. The average Bonchev–Trinajstić information content (AvgIpc) is 2.62. The van der Waals surface area contributed by atoms with Crippen LogP contribution in [-0.2, 0) is 0 Å². The fourth-order valence-electron chi connectivity index (χ4n) is 3.20. The Labute approximate surface area is 138 Å². The van der Waals surface area contributed by atoms with Crippen LogP contribution in [0.25, 0.3) is 0 Å². The molecule has 0 unspecified atom stereocenters. The van der Waals surface area contributed by atoms with Crippen LogP contribution in [0.5, 0.6) is 0 Å². The Kier molecular flexibility index (Phi) is 4.94. The number of likely N-dealkylation sites (N-methyl/N-ethyl adjacent to an activating group) is 1. The van der Waals surface area contributed by atoms with E-state index in [4.69, 9.17) is 10.7 Å². The number of nitrogens with zero attached hydrogens (tertiary/aromatic N) is 3. The highest BCUT2D eigenvalue weighted by atomic mass is 15.3. The second-order valence-corrected chi connectivity index (χ2v) is 6.15. The van der Waals surface area contributed by atoms with Gasteiger partial charge in [-0.05, 0) is 30.7 Å². The summed E-state index contributed by atoms with van der Waals surface area (Å²) >= 11 is 0.